The third kappa shape index (κ3) is 4.10. The SMILES string of the molecule is Cn1cnc(CCNS(=O)(=O)c2cc(CO)ccc2Br)n1. The van der Waals surface area contributed by atoms with Gasteiger partial charge >= 0.3 is 0 Å². The molecule has 0 unspecified atom stereocenters. The molecule has 0 aliphatic carbocycles. The first kappa shape index (κ1) is 16.1. The Morgan fingerprint density at radius 3 is 2.81 bits per heavy atom. The Balaban J connectivity index is 2.07. The summed E-state index contributed by atoms with van der Waals surface area (Å²) in [4.78, 5) is 4.13. The number of sulfonamides is 1. The molecule has 2 rings (SSSR count). The van der Waals surface area contributed by atoms with Gasteiger partial charge in [0.05, 0.1) is 11.5 Å². The van der Waals surface area contributed by atoms with Crippen molar-refractivity contribution in [1.82, 2.24) is 19.5 Å². The van der Waals surface area contributed by atoms with E-state index in [1.165, 1.54) is 6.07 Å². The number of aryl methyl sites for hydroxylation is 1. The van der Waals surface area contributed by atoms with Crippen molar-refractivity contribution in [2.75, 3.05) is 6.54 Å². The first-order chi connectivity index (χ1) is 9.92. The Labute approximate surface area is 131 Å². The highest BCUT2D eigenvalue weighted by atomic mass is 79.9. The molecule has 0 atom stereocenters. The van der Waals surface area contributed by atoms with Crippen molar-refractivity contribution >= 4 is 26.0 Å². The Morgan fingerprint density at radius 2 is 2.19 bits per heavy atom. The fourth-order valence-electron chi connectivity index (χ4n) is 1.73. The van der Waals surface area contributed by atoms with E-state index in [9.17, 15) is 8.42 Å². The summed E-state index contributed by atoms with van der Waals surface area (Å²) in [5.74, 6) is 0.573. The predicted molar refractivity (Wildman–Crippen MR) is 80.0 cm³/mol. The minimum absolute atomic E-state index is 0.100. The molecule has 1 aromatic carbocycles. The molecule has 0 spiro atoms. The second kappa shape index (κ2) is 6.65. The zero-order chi connectivity index (χ0) is 15.5. The quantitative estimate of drug-likeness (QED) is 0.771. The zero-order valence-electron chi connectivity index (χ0n) is 11.3. The van der Waals surface area contributed by atoms with Gasteiger partial charge in [0.15, 0.2) is 5.82 Å². The Bertz CT molecular complexity index is 730. The summed E-state index contributed by atoms with van der Waals surface area (Å²) in [6, 6.07) is 4.69. The maximum Gasteiger partial charge on any atom is 0.241 e. The Hall–Kier alpha value is -1.29. The van der Waals surface area contributed by atoms with E-state index in [4.69, 9.17) is 5.11 Å². The summed E-state index contributed by atoms with van der Waals surface area (Å²) in [5.41, 5.74) is 0.532. The molecule has 0 bridgehead atoms. The fourth-order valence-corrected chi connectivity index (χ4v) is 3.77. The van der Waals surface area contributed by atoms with Crippen LogP contribution < -0.4 is 4.72 Å². The van der Waals surface area contributed by atoms with E-state index in [2.05, 4.69) is 30.7 Å². The number of rotatable bonds is 6. The smallest absolute Gasteiger partial charge is 0.241 e. The molecule has 2 N–H and O–H groups in total. The van der Waals surface area contributed by atoms with E-state index >= 15 is 0 Å². The molecule has 9 heteroatoms. The van der Waals surface area contributed by atoms with Gasteiger partial charge in [0.1, 0.15) is 6.33 Å². The summed E-state index contributed by atoms with van der Waals surface area (Å²) in [5, 5.41) is 13.2. The average Bonchev–Trinajstić information content (AvgIpc) is 2.84. The van der Waals surface area contributed by atoms with Crippen LogP contribution in [0.3, 0.4) is 0 Å². The number of benzene rings is 1. The predicted octanol–water partition coefficient (Wildman–Crippen LogP) is 0.591. The Kier molecular flexibility index (Phi) is 5.09. The highest BCUT2D eigenvalue weighted by molar-refractivity contribution is 9.10. The van der Waals surface area contributed by atoms with E-state index in [1.807, 2.05) is 0 Å². The number of nitrogens with zero attached hydrogens (tertiary/aromatic N) is 3. The normalized spacial score (nSPS) is 11.8. The van der Waals surface area contributed by atoms with Gasteiger partial charge in [-0.1, -0.05) is 6.07 Å². The van der Waals surface area contributed by atoms with Crippen molar-refractivity contribution < 1.29 is 13.5 Å². The first-order valence-electron chi connectivity index (χ1n) is 6.16. The van der Waals surface area contributed by atoms with Crippen LogP contribution >= 0.6 is 15.9 Å². The molecule has 0 fully saturated rings. The van der Waals surface area contributed by atoms with Crippen LogP contribution in [0.1, 0.15) is 11.4 Å². The number of aromatic nitrogens is 3. The molecule has 0 amide bonds. The topological polar surface area (TPSA) is 97.1 Å². The molecule has 0 radical (unpaired) electrons. The standard InChI is InChI=1S/C12H15BrN4O3S/c1-17-8-14-12(16-17)4-5-15-21(19,20)11-6-9(7-18)2-3-10(11)13/h2-3,6,8,15,18H,4-5,7H2,1H3. The molecule has 2 aromatic rings. The average molecular weight is 375 g/mol. The molecule has 21 heavy (non-hydrogen) atoms. The maximum atomic E-state index is 12.2. The number of hydrogen-bond acceptors (Lipinski definition) is 5. The highest BCUT2D eigenvalue weighted by Gasteiger charge is 2.18. The lowest BCUT2D eigenvalue weighted by atomic mass is 10.2. The minimum Gasteiger partial charge on any atom is -0.392 e. The molecule has 0 saturated heterocycles. The van der Waals surface area contributed by atoms with Crippen molar-refractivity contribution in [2.45, 2.75) is 17.9 Å². The number of halogens is 1. The van der Waals surface area contributed by atoms with Gasteiger partial charge in [-0.25, -0.2) is 18.1 Å². The van der Waals surface area contributed by atoms with Crippen LogP contribution in [0.2, 0.25) is 0 Å². The van der Waals surface area contributed by atoms with Crippen LogP contribution in [0, 0.1) is 0 Å². The van der Waals surface area contributed by atoms with Crippen LogP contribution in [0.5, 0.6) is 0 Å². The third-order valence-corrected chi connectivity index (χ3v) is 5.21. The van der Waals surface area contributed by atoms with Crippen molar-refractivity contribution in [1.29, 1.82) is 0 Å². The van der Waals surface area contributed by atoms with Crippen LogP contribution in [0.4, 0.5) is 0 Å². The lowest BCUT2D eigenvalue weighted by Crippen LogP contribution is -2.26. The van der Waals surface area contributed by atoms with E-state index < -0.39 is 10.0 Å². The molecule has 1 heterocycles. The van der Waals surface area contributed by atoms with Gasteiger partial charge in [0, 0.05) is 24.5 Å². The molecule has 0 saturated carbocycles. The monoisotopic (exact) mass is 374 g/mol. The van der Waals surface area contributed by atoms with Crippen LogP contribution in [-0.4, -0.2) is 34.8 Å². The zero-order valence-corrected chi connectivity index (χ0v) is 13.7. The van der Waals surface area contributed by atoms with Crippen LogP contribution in [-0.2, 0) is 30.1 Å². The van der Waals surface area contributed by atoms with Crippen LogP contribution in [0.25, 0.3) is 0 Å². The molecule has 114 valence electrons. The van der Waals surface area contributed by atoms with Crippen molar-refractivity contribution in [3.63, 3.8) is 0 Å². The molecule has 7 nitrogen and oxygen atoms in total. The molecular formula is C12H15BrN4O3S. The number of hydrogen-bond donors (Lipinski definition) is 2. The second-order valence-corrected chi connectivity index (χ2v) is 6.99. The number of aliphatic hydroxyl groups excluding tert-OH is 1. The highest BCUT2D eigenvalue weighted by Crippen LogP contribution is 2.23. The van der Waals surface area contributed by atoms with Crippen molar-refractivity contribution in [3.8, 4) is 0 Å². The van der Waals surface area contributed by atoms with Crippen LogP contribution in [0.15, 0.2) is 33.9 Å². The number of nitrogens with one attached hydrogen (secondary N) is 1. The van der Waals surface area contributed by atoms with E-state index in [0.29, 0.717) is 22.3 Å². The number of aliphatic hydroxyl groups is 1. The van der Waals surface area contributed by atoms with E-state index in [1.54, 1.807) is 30.2 Å². The van der Waals surface area contributed by atoms with Gasteiger partial charge in [-0.3, -0.25) is 4.68 Å². The molecular weight excluding hydrogens is 360 g/mol. The summed E-state index contributed by atoms with van der Waals surface area (Å²) in [6.45, 7) is -0.0181. The lowest BCUT2D eigenvalue weighted by molar-refractivity contribution is 0.281. The molecule has 0 aliphatic heterocycles. The Morgan fingerprint density at radius 1 is 1.43 bits per heavy atom. The minimum atomic E-state index is -3.66. The van der Waals surface area contributed by atoms with Gasteiger partial charge in [0.25, 0.3) is 0 Å². The van der Waals surface area contributed by atoms with Gasteiger partial charge in [-0.15, -0.1) is 0 Å². The lowest BCUT2D eigenvalue weighted by Gasteiger charge is -2.09. The van der Waals surface area contributed by atoms with E-state index in [-0.39, 0.29) is 18.0 Å². The summed E-state index contributed by atoms with van der Waals surface area (Å²) >= 11 is 3.21. The van der Waals surface area contributed by atoms with Gasteiger partial charge in [-0.05, 0) is 33.6 Å². The second-order valence-electron chi connectivity index (χ2n) is 4.41. The third-order valence-electron chi connectivity index (χ3n) is 2.76. The van der Waals surface area contributed by atoms with Gasteiger partial charge < -0.3 is 5.11 Å². The molecule has 1 aromatic heterocycles. The van der Waals surface area contributed by atoms with E-state index in [0.717, 1.165) is 0 Å². The molecule has 0 aliphatic rings. The summed E-state index contributed by atoms with van der Waals surface area (Å²) in [7, 11) is -1.91. The van der Waals surface area contributed by atoms with Crippen molar-refractivity contribution in [3.05, 3.63) is 40.4 Å². The first-order valence-corrected chi connectivity index (χ1v) is 8.43. The summed E-state index contributed by atoms with van der Waals surface area (Å²) < 4.78 is 29.0. The van der Waals surface area contributed by atoms with Gasteiger partial charge in [-0.2, -0.15) is 5.10 Å². The fraction of sp³-hybridized carbons (Fsp3) is 0.333. The van der Waals surface area contributed by atoms with Gasteiger partial charge in [0.2, 0.25) is 10.0 Å². The summed E-state index contributed by atoms with van der Waals surface area (Å²) in [6.07, 6.45) is 1.96. The van der Waals surface area contributed by atoms with Crippen molar-refractivity contribution in [2.24, 2.45) is 7.05 Å². The maximum absolute atomic E-state index is 12.2. The largest absolute Gasteiger partial charge is 0.392 e.